The van der Waals surface area contributed by atoms with E-state index < -0.39 is 45.8 Å². The zero-order valence-electron chi connectivity index (χ0n) is 12.0. The summed E-state index contributed by atoms with van der Waals surface area (Å²) in [4.78, 5) is 23.9. The van der Waals surface area contributed by atoms with E-state index in [0.29, 0.717) is 0 Å². The molecule has 1 aromatic carbocycles. The molecule has 0 radical (unpaired) electrons. The predicted molar refractivity (Wildman–Crippen MR) is 71.3 cm³/mol. The molecule has 1 aromatic heterocycles. The van der Waals surface area contributed by atoms with Crippen LogP contribution >= 0.6 is 11.6 Å². The Hall–Kier alpha value is -1.61. The fraction of sp³-hybridized carbons (Fsp3) is 0.231. The van der Waals surface area contributed by atoms with E-state index >= 15 is 0 Å². The summed E-state index contributed by atoms with van der Waals surface area (Å²) < 4.78 is 89.2. The first-order chi connectivity index (χ1) is 11.4. The topological polar surface area (TPSA) is 44.0 Å². The van der Waals surface area contributed by atoms with Crippen molar-refractivity contribution in [1.29, 1.82) is 0 Å². The molecule has 0 aliphatic heterocycles. The second-order valence-electron chi connectivity index (χ2n) is 4.60. The van der Waals surface area contributed by atoms with Crippen LogP contribution < -0.4 is 11.2 Å². The fourth-order valence-electron chi connectivity index (χ4n) is 1.91. The molecule has 0 spiro atoms. The van der Waals surface area contributed by atoms with E-state index in [1.165, 1.54) is 0 Å². The minimum absolute atomic E-state index is 0. The molecular formula is C13H5ClF7N2O2W-. The molecule has 0 unspecified atom stereocenters. The summed E-state index contributed by atoms with van der Waals surface area (Å²) in [6.45, 7) is -4.06. The van der Waals surface area contributed by atoms with Crippen LogP contribution in [0.15, 0.2) is 33.9 Å². The van der Waals surface area contributed by atoms with Gasteiger partial charge in [-0.2, -0.15) is 48.9 Å². The van der Waals surface area contributed by atoms with Gasteiger partial charge in [-0.05, 0) is 0 Å². The Morgan fingerprint density at radius 3 is 2.08 bits per heavy atom. The molecular weight excluding hydrogens is 568 g/mol. The van der Waals surface area contributed by atoms with Gasteiger partial charge in [0.15, 0.2) is 0 Å². The largest absolute Gasteiger partial charge is 0.459 e. The summed E-state index contributed by atoms with van der Waals surface area (Å²) in [5, 5.41) is 0.0196. The third-order valence-corrected chi connectivity index (χ3v) is 3.26. The molecule has 0 aliphatic rings. The summed E-state index contributed by atoms with van der Waals surface area (Å²) in [5.74, 6) is -5.84. The summed E-state index contributed by atoms with van der Waals surface area (Å²) >= 11 is 5.53. The number of hydrogen-bond donors (Lipinski definition) is 0. The molecule has 26 heavy (non-hydrogen) atoms. The minimum Gasteiger partial charge on any atom is -0.284 e. The molecule has 0 bridgehead atoms. The Labute approximate surface area is 159 Å². The maximum atomic E-state index is 13.4. The van der Waals surface area contributed by atoms with E-state index in [1.54, 1.807) is 0 Å². The predicted octanol–water partition coefficient (Wildman–Crippen LogP) is 3.50. The number of nitrogens with zero attached hydrogens (tertiary/aromatic N) is 2. The molecule has 2 aromatic rings. The van der Waals surface area contributed by atoms with Crippen molar-refractivity contribution in [2.45, 2.75) is 18.6 Å². The summed E-state index contributed by atoms with van der Waals surface area (Å²) in [6.07, 6.45) is -6.29. The Morgan fingerprint density at radius 1 is 1.08 bits per heavy atom. The molecule has 0 atom stereocenters. The van der Waals surface area contributed by atoms with Gasteiger partial charge in [0.25, 0.3) is 0 Å². The molecule has 0 N–H and O–H groups in total. The maximum absolute atomic E-state index is 13.4. The average molecular weight is 573 g/mol. The van der Waals surface area contributed by atoms with E-state index in [2.05, 4.69) is 6.07 Å². The van der Waals surface area contributed by atoms with Gasteiger partial charge in [0.05, 0.1) is 0 Å². The second-order valence-corrected chi connectivity index (χ2v) is 5.01. The zero-order valence-corrected chi connectivity index (χ0v) is 15.7. The van der Waals surface area contributed by atoms with Gasteiger partial charge in [0, 0.05) is 27.1 Å². The Balaban J connectivity index is 0.00000338. The molecule has 0 fully saturated rings. The number of alkyl halides is 7. The van der Waals surface area contributed by atoms with Gasteiger partial charge in [-0.15, -0.1) is 17.7 Å². The molecule has 0 aliphatic carbocycles. The first kappa shape index (κ1) is 22.4. The van der Waals surface area contributed by atoms with E-state index in [0.717, 1.165) is 18.2 Å². The monoisotopic (exact) mass is 573 g/mol. The molecule has 0 saturated heterocycles. The Kier molecular flexibility index (Phi) is 6.52. The third-order valence-electron chi connectivity index (χ3n) is 3.03. The maximum Gasteiger partial charge on any atom is 0.459 e. The summed E-state index contributed by atoms with van der Waals surface area (Å²) in [6, 6.07) is 4.96. The van der Waals surface area contributed by atoms with Crippen LogP contribution in [0.4, 0.5) is 30.7 Å². The van der Waals surface area contributed by atoms with Crippen molar-refractivity contribution >= 4 is 11.6 Å². The van der Waals surface area contributed by atoms with Crippen LogP contribution in [0.1, 0.15) is 12.2 Å². The van der Waals surface area contributed by atoms with Crippen LogP contribution in [0.3, 0.4) is 0 Å². The standard InChI is InChI=1S/C13H5ClF7N2O2.W/c14-6-1-3-7(4-2-6)22-9(24)5-8(12(17,18)13(19,20)21)23(10(15)16)11(22)25;/h1,3-5,10H;/q-1;. The number of benzene rings is 1. The number of rotatable bonds is 3. The van der Waals surface area contributed by atoms with Gasteiger partial charge in [-0.1, -0.05) is 10.7 Å². The minimum atomic E-state index is -6.29. The van der Waals surface area contributed by atoms with Gasteiger partial charge in [-0.3, -0.25) is 9.36 Å². The van der Waals surface area contributed by atoms with Gasteiger partial charge < -0.3 is 0 Å². The van der Waals surface area contributed by atoms with E-state index in [-0.39, 0.29) is 36.7 Å². The zero-order chi connectivity index (χ0) is 19.2. The molecule has 142 valence electrons. The molecule has 0 amide bonds. The molecule has 2 rings (SSSR count). The van der Waals surface area contributed by atoms with Crippen molar-refractivity contribution in [1.82, 2.24) is 9.13 Å². The Morgan fingerprint density at radius 2 is 1.65 bits per heavy atom. The Bertz CT molecular complexity index is 907. The second kappa shape index (κ2) is 7.56. The van der Waals surface area contributed by atoms with Crippen molar-refractivity contribution in [3.05, 3.63) is 61.9 Å². The van der Waals surface area contributed by atoms with Crippen molar-refractivity contribution in [2.24, 2.45) is 0 Å². The van der Waals surface area contributed by atoms with Crippen LogP contribution in [-0.2, 0) is 27.0 Å². The molecule has 0 saturated carbocycles. The van der Waals surface area contributed by atoms with Crippen molar-refractivity contribution in [2.75, 3.05) is 0 Å². The van der Waals surface area contributed by atoms with E-state index in [4.69, 9.17) is 11.6 Å². The third kappa shape index (κ3) is 3.88. The first-order valence-electron chi connectivity index (χ1n) is 6.17. The first-order valence-corrected chi connectivity index (χ1v) is 6.55. The van der Waals surface area contributed by atoms with Crippen LogP contribution in [0.25, 0.3) is 5.69 Å². The van der Waals surface area contributed by atoms with E-state index in [1.807, 2.05) is 0 Å². The molecule has 4 nitrogen and oxygen atoms in total. The average Bonchev–Trinajstić information content (AvgIpc) is 2.46. The van der Waals surface area contributed by atoms with Crippen molar-refractivity contribution in [3.8, 4) is 5.69 Å². The van der Waals surface area contributed by atoms with Gasteiger partial charge >= 0.3 is 24.3 Å². The number of aromatic nitrogens is 2. The SMILES string of the molecule is O=c1cc(C(F)(F)C(F)(F)F)n(C(F)F)c(=O)n1-c1c[c-]c(Cl)cc1.[W]. The number of halogens is 8. The summed E-state index contributed by atoms with van der Waals surface area (Å²) in [5.41, 5.74) is -6.58. The summed E-state index contributed by atoms with van der Waals surface area (Å²) in [7, 11) is 0. The molecule has 1 heterocycles. The number of hydrogen-bond acceptors (Lipinski definition) is 2. The van der Waals surface area contributed by atoms with E-state index in [9.17, 15) is 40.3 Å². The normalized spacial score (nSPS) is 12.2. The van der Waals surface area contributed by atoms with Crippen LogP contribution in [0.5, 0.6) is 0 Å². The van der Waals surface area contributed by atoms with Crippen molar-refractivity contribution < 1.29 is 51.8 Å². The quantitative estimate of drug-likeness (QED) is 0.417. The smallest absolute Gasteiger partial charge is 0.284 e. The van der Waals surface area contributed by atoms with Crippen LogP contribution in [0, 0.1) is 6.07 Å². The fourth-order valence-corrected chi connectivity index (χ4v) is 2.02. The van der Waals surface area contributed by atoms with Gasteiger partial charge in [0.2, 0.25) is 5.56 Å². The van der Waals surface area contributed by atoms with Crippen molar-refractivity contribution in [3.63, 3.8) is 0 Å². The van der Waals surface area contributed by atoms with Crippen LogP contribution in [-0.4, -0.2) is 15.3 Å². The molecule has 13 heteroatoms. The van der Waals surface area contributed by atoms with Crippen LogP contribution in [0.2, 0.25) is 5.02 Å². The van der Waals surface area contributed by atoms with Gasteiger partial charge in [-0.25, -0.2) is 9.36 Å². The van der Waals surface area contributed by atoms with Gasteiger partial charge in [0.1, 0.15) is 5.69 Å².